The maximum Gasteiger partial charge on any atom is 0.337 e. The first-order chi connectivity index (χ1) is 11.0. The normalized spacial score (nSPS) is 17.2. The zero-order valence-corrected chi connectivity index (χ0v) is 13.6. The number of urea groups is 1. The molecule has 1 aliphatic heterocycles. The Kier molecular flexibility index (Phi) is 5.10. The van der Waals surface area contributed by atoms with E-state index in [0.29, 0.717) is 34.9 Å². The molecule has 1 aromatic carbocycles. The van der Waals surface area contributed by atoms with Crippen LogP contribution in [0.15, 0.2) is 29.5 Å². The summed E-state index contributed by atoms with van der Waals surface area (Å²) in [6.07, 6.45) is 0. The van der Waals surface area contributed by atoms with E-state index in [2.05, 4.69) is 10.6 Å². The van der Waals surface area contributed by atoms with Crippen LogP contribution in [0.3, 0.4) is 0 Å². The van der Waals surface area contributed by atoms with Crippen LogP contribution in [0.2, 0.25) is 0 Å². The number of carbonyl (C=O) groups excluding carboxylic acids is 2. The largest absolute Gasteiger partial charge is 0.493 e. The van der Waals surface area contributed by atoms with Crippen LogP contribution in [0.5, 0.6) is 11.5 Å². The number of hydrogen-bond donors (Lipinski definition) is 2. The zero-order valence-electron chi connectivity index (χ0n) is 13.6. The summed E-state index contributed by atoms with van der Waals surface area (Å²) in [5, 5.41) is 5.32. The van der Waals surface area contributed by atoms with Gasteiger partial charge < -0.3 is 24.8 Å². The minimum atomic E-state index is -0.687. The molecule has 2 N–H and O–H groups in total. The number of benzene rings is 1. The Morgan fingerprint density at radius 2 is 2.04 bits per heavy atom. The second-order valence-corrected chi connectivity index (χ2v) is 4.87. The molecular weight excluding hydrogens is 300 g/mol. The number of allylic oxidation sites excluding steroid dienone is 1. The molecule has 2 amide bonds. The molecule has 2 rings (SSSR count). The van der Waals surface area contributed by atoms with Crippen molar-refractivity contribution in [3.8, 4) is 11.5 Å². The Morgan fingerprint density at radius 3 is 2.65 bits per heavy atom. The van der Waals surface area contributed by atoms with Gasteiger partial charge in [0, 0.05) is 11.3 Å². The lowest BCUT2D eigenvalue weighted by Gasteiger charge is -2.29. The predicted molar refractivity (Wildman–Crippen MR) is 83.3 cm³/mol. The fourth-order valence-electron chi connectivity index (χ4n) is 2.53. The highest BCUT2D eigenvalue weighted by Crippen LogP contribution is 2.39. The number of methoxy groups -OCH3 is 2. The Balaban J connectivity index is 2.60. The fraction of sp³-hybridized carbons (Fsp3) is 0.375. The van der Waals surface area contributed by atoms with Crippen LogP contribution in [0.25, 0.3) is 0 Å². The van der Waals surface area contributed by atoms with Gasteiger partial charge in [0.2, 0.25) is 0 Å². The summed E-state index contributed by atoms with van der Waals surface area (Å²) in [7, 11) is 2.83. The average Bonchev–Trinajstić information content (AvgIpc) is 2.54. The summed E-state index contributed by atoms with van der Waals surface area (Å²) in [6, 6.07) is 4.22. The highest BCUT2D eigenvalue weighted by molar-refractivity contribution is 5.95. The second kappa shape index (κ2) is 7.04. The molecule has 0 aliphatic carbocycles. The monoisotopic (exact) mass is 320 g/mol. The molecular formula is C16H20N2O5. The first-order valence-corrected chi connectivity index (χ1v) is 7.19. The summed E-state index contributed by atoms with van der Waals surface area (Å²) in [4.78, 5) is 24.0. The van der Waals surface area contributed by atoms with Crippen molar-refractivity contribution in [2.24, 2.45) is 0 Å². The highest BCUT2D eigenvalue weighted by atomic mass is 16.5. The van der Waals surface area contributed by atoms with Gasteiger partial charge in [-0.1, -0.05) is 12.1 Å². The Labute approximate surface area is 134 Å². The quantitative estimate of drug-likeness (QED) is 0.809. The molecule has 1 heterocycles. The van der Waals surface area contributed by atoms with E-state index in [-0.39, 0.29) is 0 Å². The van der Waals surface area contributed by atoms with Crippen molar-refractivity contribution in [2.75, 3.05) is 20.8 Å². The third-order valence-electron chi connectivity index (χ3n) is 3.50. The number of hydrogen-bond acceptors (Lipinski definition) is 5. The van der Waals surface area contributed by atoms with E-state index < -0.39 is 18.0 Å². The van der Waals surface area contributed by atoms with Gasteiger partial charge >= 0.3 is 12.0 Å². The Morgan fingerprint density at radius 1 is 1.30 bits per heavy atom. The number of nitrogens with one attached hydrogen (secondary N) is 2. The SMILES string of the molecule is CCOc1c(OC)cccc1[C@@H]1NC(=O)NC(C)=C1C(=O)OC. The maximum absolute atomic E-state index is 12.1. The lowest BCUT2D eigenvalue weighted by molar-refractivity contribution is -0.136. The van der Waals surface area contributed by atoms with Crippen molar-refractivity contribution in [1.29, 1.82) is 0 Å². The number of carbonyl (C=O) groups is 2. The van der Waals surface area contributed by atoms with E-state index in [1.165, 1.54) is 14.2 Å². The van der Waals surface area contributed by atoms with Crippen LogP contribution in [0.4, 0.5) is 4.79 Å². The van der Waals surface area contributed by atoms with E-state index >= 15 is 0 Å². The van der Waals surface area contributed by atoms with E-state index in [1.807, 2.05) is 6.92 Å². The van der Waals surface area contributed by atoms with Gasteiger partial charge in [0.15, 0.2) is 11.5 Å². The zero-order chi connectivity index (χ0) is 17.0. The van der Waals surface area contributed by atoms with E-state index in [9.17, 15) is 9.59 Å². The standard InChI is InChI=1S/C16H20N2O5/c1-5-23-14-10(7-6-8-11(14)21-3)13-12(15(19)22-4)9(2)17-16(20)18-13/h6-8,13H,5H2,1-4H3,(H2,17,18,20)/t13-/m0/s1. The molecule has 0 aromatic heterocycles. The Bertz CT molecular complexity index is 654. The van der Waals surface area contributed by atoms with Crippen molar-refractivity contribution in [2.45, 2.75) is 19.9 Å². The molecule has 1 aliphatic rings. The fourth-order valence-corrected chi connectivity index (χ4v) is 2.53. The first kappa shape index (κ1) is 16.7. The van der Waals surface area contributed by atoms with Crippen LogP contribution < -0.4 is 20.1 Å². The average molecular weight is 320 g/mol. The molecule has 0 saturated heterocycles. The van der Waals surface area contributed by atoms with Crippen molar-refractivity contribution in [3.05, 3.63) is 35.0 Å². The predicted octanol–water partition coefficient (Wildman–Crippen LogP) is 1.89. The molecule has 7 heteroatoms. The second-order valence-electron chi connectivity index (χ2n) is 4.87. The third kappa shape index (κ3) is 3.23. The topological polar surface area (TPSA) is 85.9 Å². The van der Waals surface area contributed by atoms with Gasteiger partial charge in [-0.2, -0.15) is 0 Å². The smallest absolute Gasteiger partial charge is 0.337 e. The van der Waals surface area contributed by atoms with E-state index in [0.717, 1.165) is 0 Å². The number of amides is 2. The molecule has 0 spiro atoms. The molecule has 1 atom stereocenters. The summed E-state index contributed by atoms with van der Waals surface area (Å²) in [5.41, 5.74) is 1.39. The van der Waals surface area contributed by atoms with Crippen LogP contribution in [-0.2, 0) is 9.53 Å². The minimum absolute atomic E-state index is 0.321. The van der Waals surface area contributed by atoms with Gasteiger partial charge in [-0.05, 0) is 19.9 Å². The molecule has 7 nitrogen and oxygen atoms in total. The lowest BCUT2D eigenvalue weighted by atomic mass is 9.94. The lowest BCUT2D eigenvalue weighted by Crippen LogP contribution is -2.45. The molecule has 23 heavy (non-hydrogen) atoms. The van der Waals surface area contributed by atoms with Gasteiger partial charge in [-0.3, -0.25) is 0 Å². The summed E-state index contributed by atoms with van der Waals surface area (Å²) in [5.74, 6) is 0.489. The Hall–Kier alpha value is -2.70. The third-order valence-corrected chi connectivity index (χ3v) is 3.50. The first-order valence-electron chi connectivity index (χ1n) is 7.19. The van der Waals surface area contributed by atoms with Crippen molar-refractivity contribution < 1.29 is 23.8 Å². The van der Waals surface area contributed by atoms with Crippen LogP contribution in [0, 0.1) is 0 Å². The highest BCUT2D eigenvalue weighted by Gasteiger charge is 2.34. The van der Waals surface area contributed by atoms with E-state index in [4.69, 9.17) is 14.2 Å². The van der Waals surface area contributed by atoms with Gasteiger partial charge in [-0.25, -0.2) is 9.59 Å². The van der Waals surface area contributed by atoms with Crippen LogP contribution >= 0.6 is 0 Å². The van der Waals surface area contributed by atoms with Gasteiger partial charge in [0.1, 0.15) is 0 Å². The summed E-state index contributed by atoms with van der Waals surface area (Å²) in [6.45, 7) is 3.92. The molecule has 124 valence electrons. The molecule has 0 unspecified atom stereocenters. The summed E-state index contributed by atoms with van der Waals surface area (Å²) >= 11 is 0. The number of ether oxygens (including phenoxy) is 3. The van der Waals surface area contributed by atoms with Crippen molar-refractivity contribution in [1.82, 2.24) is 10.6 Å². The molecule has 0 bridgehead atoms. The number of para-hydroxylation sites is 1. The van der Waals surface area contributed by atoms with Crippen LogP contribution in [0.1, 0.15) is 25.5 Å². The molecule has 0 saturated carbocycles. The van der Waals surface area contributed by atoms with E-state index in [1.54, 1.807) is 25.1 Å². The van der Waals surface area contributed by atoms with Gasteiger partial charge in [-0.15, -0.1) is 0 Å². The van der Waals surface area contributed by atoms with Crippen LogP contribution in [-0.4, -0.2) is 32.8 Å². The maximum atomic E-state index is 12.1. The number of rotatable bonds is 5. The van der Waals surface area contributed by atoms with Crippen molar-refractivity contribution >= 4 is 12.0 Å². The molecule has 1 aromatic rings. The van der Waals surface area contributed by atoms with Gasteiger partial charge in [0.25, 0.3) is 0 Å². The summed E-state index contributed by atoms with van der Waals surface area (Å²) < 4.78 is 15.8. The van der Waals surface area contributed by atoms with Gasteiger partial charge in [0.05, 0.1) is 32.4 Å². The molecule has 0 radical (unpaired) electrons. The molecule has 0 fully saturated rings. The van der Waals surface area contributed by atoms with Crippen molar-refractivity contribution in [3.63, 3.8) is 0 Å². The minimum Gasteiger partial charge on any atom is -0.493 e. The number of esters is 1.